The molecule has 28 heavy (non-hydrogen) atoms. The van der Waals surface area contributed by atoms with Gasteiger partial charge in [0.05, 0.1) is 24.5 Å². The van der Waals surface area contributed by atoms with Crippen LogP contribution in [0, 0.1) is 0 Å². The quantitative estimate of drug-likeness (QED) is 0.800. The van der Waals surface area contributed by atoms with Crippen molar-refractivity contribution in [2.24, 2.45) is 0 Å². The number of anilines is 2. The van der Waals surface area contributed by atoms with Gasteiger partial charge in [-0.25, -0.2) is 0 Å². The second-order valence-corrected chi connectivity index (χ2v) is 7.99. The lowest BCUT2D eigenvalue weighted by molar-refractivity contribution is -0.129. The van der Waals surface area contributed by atoms with E-state index in [0.29, 0.717) is 12.6 Å². The number of hydrogen-bond donors (Lipinski definition) is 0. The van der Waals surface area contributed by atoms with Crippen LogP contribution >= 0.6 is 0 Å². The number of rotatable bonds is 2. The molecule has 0 aliphatic carbocycles. The van der Waals surface area contributed by atoms with Gasteiger partial charge in [0.15, 0.2) is 5.82 Å². The van der Waals surface area contributed by atoms with Gasteiger partial charge in [0.25, 0.3) is 0 Å². The summed E-state index contributed by atoms with van der Waals surface area (Å²) in [7, 11) is 0. The molecule has 0 N–H and O–H groups in total. The summed E-state index contributed by atoms with van der Waals surface area (Å²) in [5, 5.41) is 5.15. The molecule has 5 heterocycles. The third-order valence-electron chi connectivity index (χ3n) is 6.31. The molecule has 0 saturated carbocycles. The van der Waals surface area contributed by atoms with E-state index in [0.717, 1.165) is 69.9 Å². The Labute approximate surface area is 165 Å². The maximum Gasteiger partial charge on any atom is 0.219 e. The summed E-state index contributed by atoms with van der Waals surface area (Å²) in [4.78, 5) is 20.7. The number of nitrogens with zero attached hydrogens (tertiary/aromatic N) is 5. The van der Waals surface area contributed by atoms with Gasteiger partial charge in [-0.15, -0.1) is 0 Å². The monoisotopic (exact) mass is 381 g/mol. The summed E-state index contributed by atoms with van der Waals surface area (Å²) >= 11 is 0. The largest absolute Gasteiger partial charge is 0.381 e. The van der Waals surface area contributed by atoms with E-state index in [2.05, 4.69) is 20.6 Å². The van der Waals surface area contributed by atoms with Crippen LogP contribution in [0.15, 0.2) is 18.5 Å². The molecule has 0 atom stereocenters. The van der Waals surface area contributed by atoms with Crippen molar-refractivity contribution in [1.29, 1.82) is 0 Å². The summed E-state index contributed by atoms with van der Waals surface area (Å²) in [5.74, 6) is 1.15. The normalized spacial score (nSPS) is 20.0. The van der Waals surface area contributed by atoms with E-state index in [1.165, 1.54) is 16.8 Å². The molecule has 1 saturated heterocycles. The lowest BCUT2D eigenvalue weighted by atomic mass is 10.0. The number of hydrogen-bond acceptors (Lipinski definition) is 5. The minimum absolute atomic E-state index is 0.135. The molecule has 2 aromatic rings. The maximum atomic E-state index is 12.1. The van der Waals surface area contributed by atoms with Crippen LogP contribution in [0.2, 0.25) is 0 Å². The Kier molecular flexibility index (Phi) is 4.55. The Bertz CT molecular complexity index is 887. The number of pyridine rings is 1. The summed E-state index contributed by atoms with van der Waals surface area (Å²) < 4.78 is 7.83. The molecule has 3 aliphatic rings. The van der Waals surface area contributed by atoms with Crippen LogP contribution in [-0.4, -0.2) is 51.9 Å². The van der Waals surface area contributed by atoms with E-state index in [1.807, 2.05) is 17.3 Å². The van der Waals surface area contributed by atoms with Gasteiger partial charge in [-0.1, -0.05) is 0 Å². The lowest BCUT2D eigenvalue weighted by Crippen LogP contribution is -2.36. The van der Waals surface area contributed by atoms with E-state index in [4.69, 9.17) is 9.84 Å². The van der Waals surface area contributed by atoms with Crippen molar-refractivity contribution in [2.45, 2.75) is 51.6 Å². The molecule has 0 unspecified atom stereocenters. The van der Waals surface area contributed by atoms with Gasteiger partial charge in [0.2, 0.25) is 5.91 Å². The first-order chi connectivity index (χ1) is 13.7. The number of carbonyl (C=O) groups excluding carboxylic acids is 1. The number of amides is 1. The zero-order chi connectivity index (χ0) is 19.1. The lowest BCUT2D eigenvalue weighted by Gasteiger charge is -2.32. The Hall–Kier alpha value is -2.41. The van der Waals surface area contributed by atoms with Crippen molar-refractivity contribution < 1.29 is 9.53 Å². The van der Waals surface area contributed by atoms with E-state index in [-0.39, 0.29) is 5.91 Å². The predicted octanol–water partition coefficient (Wildman–Crippen LogP) is 2.62. The maximum absolute atomic E-state index is 12.1. The minimum atomic E-state index is 0.135. The average molecular weight is 381 g/mol. The van der Waals surface area contributed by atoms with E-state index in [1.54, 1.807) is 6.92 Å². The van der Waals surface area contributed by atoms with Gasteiger partial charge in [-0.2, -0.15) is 5.10 Å². The first-order valence-electron chi connectivity index (χ1n) is 10.4. The summed E-state index contributed by atoms with van der Waals surface area (Å²) in [6.07, 6.45) is 8.89. The average Bonchev–Trinajstić information content (AvgIpc) is 3.12. The topological polar surface area (TPSA) is 63.5 Å². The van der Waals surface area contributed by atoms with Crippen molar-refractivity contribution in [2.75, 3.05) is 31.2 Å². The highest BCUT2D eigenvalue weighted by molar-refractivity contribution is 5.75. The Morgan fingerprint density at radius 3 is 2.89 bits per heavy atom. The van der Waals surface area contributed by atoms with Gasteiger partial charge in [0.1, 0.15) is 0 Å². The fraction of sp³-hybridized carbons (Fsp3) is 0.571. The van der Waals surface area contributed by atoms with Crippen LogP contribution < -0.4 is 4.90 Å². The molecule has 7 heteroatoms. The molecule has 0 aromatic carbocycles. The van der Waals surface area contributed by atoms with Crippen LogP contribution in [0.4, 0.5) is 11.5 Å². The Morgan fingerprint density at radius 1 is 1.21 bits per heavy atom. The second-order valence-electron chi connectivity index (χ2n) is 7.99. The number of carbonyl (C=O) groups is 1. The number of fused-ring (bicyclic) bond motifs is 2. The van der Waals surface area contributed by atoms with Crippen LogP contribution in [0.5, 0.6) is 0 Å². The van der Waals surface area contributed by atoms with Gasteiger partial charge >= 0.3 is 0 Å². The van der Waals surface area contributed by atoms with Crippen molar-refractivity contribution >= 4 is 17.4 Å². The van der Waals surface area contributed by atoms with Gasteiger partial charge < -0.3 is 14.5 Å². The van der Waals surface area contributed by atoms with Crippen molar-refractivity contribution in [1.82, 2.24) is 19.7 Å². The fourth-order valence-electron chi connectivity index (χ4n) is 4.78. The number of aryl methyl sites for hydroxylation is 1. The summed E-state index contributed by atoms with van der Waals surface area (Å²) in [6.45, 7) is 5.61. The molecule has 3 aliphatic heterocycles. The van der Waals surface area contributed by atoms with E-state index in [9.17, 15) is 4.79 Å². The Morgan fingerprint density at radius 2 is 2.07 bits per heavy atom. The smallest absolute Gasteiger partial charge is 0.219 e. The van der Waals surface area contributed by atoms with Crippen LogP contribution in [0.3, 0.4) is 0 Å². The number of aromatic nitrogens is 3. The predicted molar refractivity (Wildman–Crippen MR) is 106 cm³/mol. The van der Waals surface area contributed by atoms with Gasteiger partial charge in [0, 0.05) is 57.1 Å². The van der Waals surface area contributed by atoms with Crippen LogP contribution in [-0.2, 0) is 28.9 Å². The Balaban J connectivity index is 1.60. The van der Waals surface area contributed by atoms with E-state index >= 15 is 0 Å². The highest BCUT2D eigenvalue weighted by Gasteiger charge is 2.33. The molecule has 0 bridgehead atoms. The number of ether oxygens (including phenoxy) is 1. The van der Waals surface area contributed by atoms with Crippen molar-refractivity contribution in [3.8, 4) is 0 Å². The third-order valence-corrected chi connectivity index (χ3v) is 6.31. The zero-order valence-electron chi connectivity index (χ0n) is 16.4. The zero-order valence-corrected chi connectivity index (χ0v) is 16.4. The highest BCUT2D eigenvalue weighted by atomic mass is 16.5. The van der Waals surface area contributed by atoms with Crippen LogP contribution in [0.25, 0.3) is 0 Å². The third kappa shape index (κ3) is 2.98. The molecule has 7 nitrogen and oxygen atoms in total. The molecule has 0 spiro atoms. The summed E-state index contributed by atoms with van der Waals surface area (Å²) in [6, 6.07) is 2.50. The van der Waals surface area contributed by atoms with Gasteiger partial charge in [-0.3, -0.25) is 14.5 Å². The standard InChI is InChI=1S/C21H27N5O2/c1-15(27)24-10-5-19-18(14-24)21(23-26(19)17-6-11-28-12-7-17)25-9-2-3-16-4-8-22-13-20(16)25/h4,8,13,17H,2-3,5-7,9-12,14H2,1H3. The first-order valence-corrected chi connectivity index (χ1v) is 10.4. The SMILES string of the molecule is CC(=O)N1CCc2c(c(N3CCCc4ccncc43)nn2C2CCOCC2)C1. The highest BCUT2D eigenvalue weighted by Crippen LogP contribution is 2.39. The molecule has 0 radical (unpaired) electrons. The molecule has 5 rings (SSSR count). The molecule has 2 aromatic heterocycles. The first kappa shape index (κ1) is 17.7. The molecular formula is C21H27N5O2. The minimum Gasteiger partial charge on any atom is -0.381 e. The molecule has 1 amide bonds. The molecular weight excluding hydrogens is 354 g/mol. The van der Waals surface area contributed by atoms with Gasteiger partial charge in [-0.05, 0) is 37.3 Å². The summed E-state index contributed by atoms with van der Waals surface area (Å²) in [5.41, 5.74) is 5.00. The van der Waals surface area contributed by atoms with E-state index < -0.39 is 0 Å². The fourth-order valence-corrected chi connectivity index (χ4v) is 4.78. The van der Waals surface area contributed by atoms with Crippen LogP contribution in [0.1, 0.15) is 49.0 Å². The molecule has 1 fully saturated rings. The second kappa shape index (κ2) is 7.20. The van der Waals surface area contributed by atoms with Crippen molar-refractivity contribution in [3.63, 3.8) is 0 Å². The van der Waals surface area contributed by atoms with Crippen molar-refractivity contribution in [3.05, 3.63) is 35.3 Å². The molecule has 148 valence electrons.